The fraction of sp³-hybridized carbons (Fsp3) is 0.286. The van der Waals surface area contributed by atoms with Crippen LogP contribution in [0.5, 0.6) is 0 Å². The van der Waals surface area contributed by atoms with E-state index in [0.29, 0.717) is 11.4 Å². The van der Waals surface area contributed by atoms with Crippen LogP contribution in [0.25, 0.3) is 0 Å². The molecule has 0 aliphatic heterocycles. The Balaban J connectivity index is 1.92. The molecule has 0 bridgehead atoms. The Labute approximate surface area is 117 Å². The third kappa shape index (κ3) is 3.83. The zero-order chi connectivity index (χ0) is 13.8. The van der Waals surface area contributed by atoms with E-state index in [2.05, 4.69) is 10.4 Å². The predicted octanol–water partition coefficient (Wildman–Crippen LogP) is 3.43. The van der Waals surface area contributed by atoms with Crippen molar-refractivity contribution in [2.24, 2.45) is 0 Å². The summed E-state index contributed by atoms with van der Waals surface area (Å²) in [6.07, 6.45) is 2.26. The number of hydrogen-bond acceptors (Lipinski definition) is 2. The molecule has 1 aromatic carbocycles. The second kappa shape index (κ2) is 5.89. The third-order valence-corrected chi connectivity index (χ3v) is 3.05. The highest BCUT2D eigenvalue weighted by molar-refractivity contribution is 6.30. The molecule has 0 spiro atoms. The molecule has 0 aliphatic carbocycles. The van der Waals surface area contributed by atoms with Gasteiger partial charge in [-0.15, -0.1) is 0 Å². The number of anilines is 1. The Morgan fingerprint density at radius 1 is 1.37 bits per heavy atom. The fourth-order valence-electron chi connectivity index (χ4n) is 1.79. The number of halogens is 1. The zero-order valence-corrected chi connectivity index (χ0v) is 11.7. The summed E-state index contributed by atoms with van der Waals surface area (Å²) in [7, 11) is 0. The van der Waals surface area contributed by atoms with Gasteiger partial charge in [0.1, 0.15) is 0 Å². The average molecular weight is 278 g/mol. The lowest BCUT2D eigenvalue weighted by Gasteiger charge is -2.12. The van der Waals surface area contributed by atoms with Gasteiger partial charge in [0.15, 0.2) is 0 Å². The first kappa shape index (κ1) is 13.6. The van der Waals surface area contributed by atoms with E-state index in [1.807, 2.05) is 26.1 Å². The Morgan fingerprint density at radius 2 is 2.05 bits per heavy atom. The van der Waals surface area contributed by atoms with Gasteiger partial charge in [0.25, 0.3) is 0 Å². The van der Waals surface area contributed by atoms with Crippen molar-refractivity contribution in [2.45, 2.75) is 26.3 Å². The van der Waals surface area contributed by atoms with Crippen molar-refractivity contribution in [3.8, 4) is 0 Å². The van der Waals surface area contributed by atoms with Crippen LogP contribution in [0.2, 0.25) is 5.02 Å². The first-order valence-electron chi connectivity index (χ1n) is 6.12. The summed E-state index contributed by atoms with van der Waals surface area (Å²) < 4.78 is 1.80. The largest absolute Gasteiger partial charge is 0.326 e. The van der Waals surface area contributed by atoms with Gasteiger partial charge in [-0.05, 0) is 44.2 Å². The van der Waals surface area contributed by atoms with Gasteiger partial charge in [0.2, 0.25) is 5.91 Å². The van der Waals surface area contributed by atoms with Crippen LogP contribution in [0.15, 0.2) is 36.5 Å². The topological polar surface area (TPSA) is 46.9 Å². The maximum absolute atomic E-state index is 11.9. The van der Waals surface area contributed by atoms with Gasteiger partial charge < -0.3 is 5.32 Å². The molecule has 1 unspecified atom stereocenters. The SMILES string of the molecule is Cc1ccn(C(C)CC(=O)Nc2ccc(Cl)cc2)n1. The third-order valence-electron chi connectivity index (χ3n) is 2.80. The first-order chi connectivity index (χ1) is 9.04. The minimum Gasteiger partial charge on any atom is -0.326 e. The summed E-state index contributed by atoms with van der Waals surface area (Å²) in [5.74, 6) is -0.0389. The van der Waals surface area contributed by atoms with Gasteiger partial charge in [-0.2, -0.15) is 5.10 Å². The lowest BCUT2D eigenvalue weighted by Crippen LogP contribution is -2.17. The highest BCUT2D eigenvalue weighted by atomic mass is 35.5. The maximum Gasteiger partial charge on any atom is 0.226 e. The van der Waals surface area contributed by atoms with Crippen LogP contribution in [0.4, 0.5) is 5.69 Å². The zero-order valence-electron chi connectivity index (χ0n) is 10.9. The van der Waals surface area contributed by atoms with E-state index < -0.39 is 0 Å². The molecule has 0 fully saturated rings. The summed E-state index contributed by atoms with van der Waals surface area (Å²) in [5, 5.41) is 7.79. The molecule has 1 N–H and O–H groups in total. The lowest BCUT2D eigenvalue weighted by molar-refractivity contribution is -0.116. The molecule has 1 amide bonds. The van der Waals surface area contributed by atoms with Crippen LogP contribution in [-0.4, -0.2) is 15.7 Å². The summed E-state index contributed by atoms with van der Waals surface area (Å²) >= 11 is 5.79. The molecule has 0 saturated carbocycles. The smallest absolute Gasteiger partial charge is 0.226 e. The number of nitrogens with zero attached hydrogens (tertiary/aromatic N) is 2. The highest BCUT2D eigenvalue weighted by Crippen LogP contribution is 2.15. The highest BCUT2D eigenvalue weighted by Gasteiger charge is 2.11. The number of aryl methyl sites for hydroxylation is 1. The standard InChI is InChI=1S/C14H16ClN3O/c1-10-7-8-18(17-10)11(2)9-14(19)16-13-5-3-12(15)4-6-13/h3-8,11H,9H2,1-2H3,(H,16,19). The molecule has 0 saturated heterocycles. The second-order valence-corrected chi connectivity index (χ2v) is 4.98. The minimum atomic E-state index is -0.0389. The van der Waals surface area contributed by atoms with Crippen molar-refractivity contribution in [3.05, 3.63) is 47.2 Å². The van der Waals surface area contributed by atoms with E-state index in [0.717, 1.165) is 11.4 Å². The van der Waals surface area contributed by atoms with Gasteiger partial charge in [0.05, 0.1) is 11.7 Å². The monoisotopic (exact) mass is 277 g/mol. The maximum atomic E-state index is 11.9. The number of hydrogen-bond donors (Lipinski definition) is 1. The van der Waals surface area contributed by atoms with Crippen LogP contribution >= 0.6 is 11.6 Å². The van der Waals surface area contributed by atoms with Gasteiger partial charge >= 0.3 is 0 Å². The molecule has 5 heteroatoms. The number of rotatable bonds is 4. The van der Waals surface area contributed by atoms with Gasteiger partial charge in [-0.25, -0.2) is 0 Å². The molecule has 2 rings (SSSR count). The van der Waals surface area contributed by atoms with Crippen molar-refractivity contribution in [2.75, 3.05) is 5.32 Å². The number of carbonyl (C=O) groups excluding carboxylic acids is 1. The molecule has 1 aromatic heterocycles. The number of amides is 1. The van der Waals surface area contributed by atoms with E-state index in [9.17, 15) is 4.79 Å². The van der Waals surface area contributed by atoms with E-state index in [4.69, 9.17) is 11.6 Å². The van der Waals surface area contributed by atoms with Crippen LogP contribution in [-0.2, 0) is 4.79 Å². The Morgan fingerprint density at radius 3 is 2.63 bits per heavy atom. The quantitative estimate of drug-likeness (QED) is 0.931. The second-order valence-electron chi connectivity index (χ2n) is 4.55. The number of benzene rings is 1. The summed E-state index contributed by atoms with van der Waals surface area (Å²) in [4.78, 5) is 11.9. The van der Waals surface area contributed by atoms with Crippen LogP contribution in [0.1, 0.15) is 25.1 Å². The number of carbonyl (C=O) groups is 1. The molecule has 2 aromatic rings. The Hall–Kier alpha value is -1.81. The number of nitrogens with one attached hydrogen (secondary N) is 1. The molecule has 0 radical (unpaired) electrons. The van der Waals surface area contributed by atoms with E-state index >= 15 is 0 Å². The van der Waals surface area contributed by atoms with E-state index in [1.165, 1.54) is 0 Å². The van der Waals surface area contributed by atoms with Gasteiger partial charge in [-0.3, -0.25) is 9.48 Å². The normalized spacial score (nSPS) is 12.2. The molecular formula is C14H16ClN3O. The Bertz CT molecular complexity index is 562. The summed E-state index contributed by atoms with van der Waals surface area (Å²) in [5.41, 5.74) is 1.70. The van der Waals surface area contributed by atoms with Crippen molar-refractivity contribution in [3.63, 3.8) is 0 Å². The minimum absolute atomic E-state index is 0.0287. The van der Waals surface area contributed by atoms with Crippen molar-refractivity contribution < 1.29 is 4.79 Å². The average Bonchev–Trinajstić information content (AvgIpc) is 2.79. The molecule has 0 aliphatic rings. The molecular weight excluding hydrogens is 262 g/mol. The van der Waals surface area contributed by atoms with Crippen molar-refractivity contribution in [1.29, 1.82) is 0 Å². The molecule has 100 valence electrons. The lowest BCUT2D eigenvalue weighted by atomic mass is 10.2. The summed E-state index contributed by atoms with van der Waals surface area (Å²) in [6.45, 7) is 3.89. The van der Waals surface area contributed by atoms with Gasteiger partial charge in [-0.1, -0.05) is 11.6 Å². The first-order valence-corrected chi connectivity index (χ1v) is 6.49. The molecule has 4 nitrogen and oxygen atoms in total. The molecule has 1 atom stereocenters. The van der Waals surface area contributed by atoms with Crippen LogP contribution in [0, 0.1) is 6.92 Å². The number of aromatic nitrogens is 2. The molecule has 19 heavy (non-hydrogen) atoms. The fourth-order valence-corrected chi connectivity index (χ4v) is 1.91. The Kier molecular flexibility index (Phi) is 4.22. The van der Waals surface area contributed by atoms with E-state index in [-0.39, 0.29) is 11.9 Å². The predicted molar refractivity (Wildman–Crippen MR) is 76.4 cm³/mol. The van der Waals surface area contributed by atoms with Gasteiger partial charge in [0, 0.05) is 23.3 Å². The van der Waals surface area contributed by atoms with Crippen molar-refractivity contribution in [1.82, 2.24) is 9.78 Å². The summed E-state index contributed by atoms with van der Waals surface area (Å²) in [6, 6.07) is 9.01. The van der Waals surface area contributed by atoms with Crippen LogP contribution in [0.3, 0.4) is 0 Å². The molecule has 1 heterocycles. The van der Waals surface area contributed by atoms with Crippen LogP contribution < -0.4 is 5.32 Å². The van der Waals surface area contributed by atoms with Crippen molar-refractivity contribution >= 4 is 23.2 Å². The van der Waals surface area contributed by atoms with E-state index in [1.54, 1.807) is 28.9 Å².